The second-order valence-corrected chi connectivity index (χ2v) is 6.66. The number of rotatable bonds is 6. The maximum absolute atomic E-state index is 10.2. The standard InChI is InChI=1S/C16H18ClN3OS/c1-11(9-13(21)14-5-4-8-22-14)18-10-12-16(17)19-15-6-2-3-7-20(12)15/h2-8,11,13,18,21H,9-10H2,1H3. The number of aromatic nitrogens is 2. The number of imidazole rings is 1. The highest BCUT2D eigenvalue weighted by Gasteiger charge is 2.15. The zero-order chi connectivity index (χ0) is 15.5. The van der Waals surface area contributed by atoms with E-state index in [0.29, 0.717) is 18.1 Å². The van der Waals surface area contributed by atoms with E-state index in [-0.39, 0.29) is 6.04 Å². The molecule has 3 aromatic heterocycles. The van der Waals surface area contributed by atoms with Crippen molar-refractivity contribution < 1.29 is 5.11 Å². The molecule has 0 aliphatic rings. The van der Waals surface area contributed by atoms with Crippen LogP contribution in [-0.4, -0.2) is 20.5 Å². The Labute approximate surface area is 138 Å². The second kappa shape index (κ2) is 6.79. The lowest BCUT2D eigenvalue weighted by molar-refractivity contribution is 0.157. The fraction of sp³-hybridized carbons (Fsp3) is 0.312. The van der Waals surface area contributed by atoms with Gasteiger partial charge in [-0.15, -0.1) is 11.3 Å². The first-order chi connectivity index (χ1) is 10.6. The van der Waals surface area contributed by atoms with Crippen LogP contribution >= 0.6 is 22.9 Å². The molecule has 22 heavy (non-hydrogen) atoms. The Morgan fingerprint density at radius 2 is 2.23 bits per heavy atom. The van der Waals surface area contributed by atoms with Gasteiger partial charge in [-0.25, -0.2) is 4.98 Å². The van der Waals surface area contributed by atoms with Crippen molar-refractivity contribution in [3.63, 3.8) is 0 Å². The van der Waals surface area contributed by atoms with Gasteiger partial charge in [-0.1, -0.05) is 23.7 Å². The van der Waals surface area contributed by atoms with E-state index in [0.717, 1.165) is 16.2 Å². The molecule has 0 fully saturated rings. The van der Waals surface area contributed by atoms with Crippen LogP contribution in [0.3, 0.4) is 0 Å². The van der Waals surface area contributed by atoms with E-state index >= 15 is 0 Å². The van der Waals surface area contributed by atoms with Crippen LogP contribution < -0.4 is 5.32 Å². The molecule has 0 saturated carbocycles. The van der Waals surface area contributed by atoms with Gasteiger partial charge in [0.15, 0.2) is 5.15 Å². The molecule has 3 rings (SSSR count). The third kappa shape index (κ3) is 3.33. The monoisotopic (exact) mass is 335 g/mol. The number of halogens is 1. The molecule has 2 atom stereocenters. The number of aliphatic hydroxyl groups excluding tert-OH is 1. The van der Waals surface area contributed by atoms with Gasteiger partial charge in [-0.2, -0.15) is 0 Å². The van der Waals surface area contributed by atoms with Crippen molar-refractivity contribution >= 4 is 28.6 Å². The summed E-state index contributed by atoms with van der Waals surface area (Å²) in [5, 5.41) is 16.1. The number of fused-ring (bicyclic) bond motifs is 1. The summed E-state index contributed by atoms with van der Waals surface area (Å²) in [6.07, 6.45) is 2.19. The molecule has 0 aliphatic carbocycles. The summed E-state index contributed by atoms with van der Waals surface area (Å²) >= 11 is 7.80. The van der Waals surface area contributed by atoms with Gasteiger partial charge in [0.05, 0.1) is 11.8 Å². The Bertz CT molecular complexity index is 741. The minimum Gasteiger partial charge on any atom is -0.388 e. The quantitative estimate of drug-likeness (QED) is 0.723. The SMILES string of the molecule is CC(CC(O)c1cccs1)NCc1c(Cl)nc2ccccn12. The Balaban J connectivity index is 1.63. The maximum Gasteiger partial charge on any atom is 0.152 e. The summed E-state index contributed by atoms with van der Waals surface area (Å²) in [4.78, 5) is 5.33. The van der Waals surface area contributed by atoms with E-state index < -0.39 is 6.10 Å². The molecule has 2 unspecified atom stereocenters. The average molecular weight is 336 g/mol. The Morgan fingerprint density at radius 1 is 1.36 bits per heavy atom. The number of aliphatic hydroxyl groups is 1. The molecule has 0 bridgehead atoms. The van der Waals surface area contributed by atoms with Crippen LogP contribution in [0, 0.1) is 0 Å². The van der Waals surface area contributed by atoms with Crippen LogP contribution in [0.5, 0.6) is 0 Å². The lowest BCUT2D eigenvalue weighted by Crippen LogP contribution is -2.27. The molecule has 0 aromatic carbocycles. The van der Waals surface area contributed by atoms with Gasteiger partial charge in [0.1, 0.15) is 5.65 Å². The molecule has 3 heterocycles. The number of hydrogen-bond donors (Lipinski definition) is 2. The molecule has 0 spiro atoms. The third-order valence-electron chi connectivity index (χ3n) is 3.65. The fourth-order valence-corrected chi connectivity index (χ4v) is 3.43. The Kier molecular flexibility index (Phi) is 4.78. The van der Waals surface area contributed by atoms with Crippen LogP contribution in [0.4, 0.5) is 0 Å². The van der Waals surface area contributed by atoms with Crippen LogP contribution in [0.25, 0.3) is 5.65 Å². The maximum atomic E-state index is 10.2. The number of pyridine rings is 1. The molecule has 4 nitrogen and oxygen atoms in total. The first-order valence-corrected chi connectivity index (χ1v) is 8.47. The molecule has 0 amide bonds. The number of nitrogens with zero attached hydrogens (tertiary/aromatic N) is 2. The van der Waals surface area contributed by atoms with Gasteiger partial charge in [0, 0.05) is 23.7 Å². The smallest absolute Gasteiger partial charge is 0.152 e. The van der Waals surface area contributed by atoms with Crippen molar-refractivity contribution in [2.45, 2.75) is 32.0 Å². The predicted molar refractivity (Wildman–Crippen MR) is 90.4 cm³/mol. The molecule has 0 radical (unpaired) electrons. The summed E-state index contributed by atoms with van der Waals surface area (Å²) in [5.74, 6) is 0. The first-order valence-electron chi connectivity index (χ1n) is 7.21. The second-order valence-electron chi connectivity index (χ2n) is 5.33. The number of nitrogens with one attached hydrogen (secondary N) is 1. The van der Waals surface area contributed by atoms with Gasteiger partial charge in [0.2, 0.25) is 0 Å². The zero-order valence-electron chi connectivity index (χ0n) is 12.2. The fourth-order valence-electron chi connectivity index (χ4n) is 2.46. The summed E-state index contributed by atoms with van der Waals surface area (Å²) in [6.45, 7) is 2.68. The summed E-state index contributed by atoms with van der Waals surface area (Å²) < 4.78 is 1.98. The molecular formula is C16H18ClN3OS. The van der Waals surface area contributed by atoms with E-state index in [9.17, 15) is 5.11 Å². The summed E-state index contributed by atoms with van der Waals surface area (Å²) in [5.41, 5.74) is 1.78. The molecule has 6 heteroatoms. The largest absolute Gasteiger partial charge is 0.388 e. The van der Waals surface area contributed by atoms with Crippen LogP contribution in [0.1, 0.15) is 30.0 Å². The van der Waals surface area contributed by atoms with E-state index in [4.69, 9.17) is 11.6 Å². The topological polar surface area (TPSA) is 49.6 Å². The van der Waals surface area contributed by atoms with Gasteiger partial charge in [0.25, 0.3) is 0 Å². The molecule has 3 aromatic rings. The van der Waals surface area contributed by atoms with Gasteiger partial charge in [-0.05, 0) is 36.9 Å². The lowest BCUT2D eigenvalue weighted by Gasteiger charge is -2.17. The van der Waals surface area contributed by atoms with Crippen LogP contribution in [0.2, 0.25) is 5.15 Å². The van der Waals surface area contributed by atoms with Gasteiger partial charge >= 0.3 is 0 Å². The van der Waals surface area contributed by atoms with E-state index in [1.54, 1.807) is 11.3 Å². The lowest BCUT2D eigenvalue weighted by atomic mass is 10.1. The first kappa shape index (κ1) is 15.5. The summed E-state index contributed by atoms with van der Waals surface area (Å²) in [6, 6.07) is 9.92. The molecular weight excluding hydrogens is 318 g/mol. The highest BCUT2D eigenvalue weighted by Crippen LogP contribution is 2.23. The van der Waals surface area contributed by atoms with E-state index in [1.165, 1.54) is 0 Å². The van der Waals surface area contributed by atoms with E-state index in [2.05, 4.69) is 17.2 Å². The van der Waals surface area contributed by atoms with Crippen LogP contribution in [-0.2, 0) is 6.54 Å². The highest BCUT2D eigenvalue weighted by molar-refractivity contribution is 7.10. The van der Waals surface area contributed by atoms with Crippen LogP contribution in [0.15, 0.2) is 41.9 Å². The Morgan fingerprint density at radius 3 is 3.00 bits per heavy atom. The highest BCUT2D eigenvalue weighted by atomic mass is 35.5. The summed E-state index contributed by atoms with van der Waals surface area (Å²) in [7, 11) is 0. The van der Waals surface area contributed by atoms with E-state index in [1.807, 2.05) is 46.3 Å². The number of hydrogen-bond acceptors (Lipinski definition) is 4. The molecule has 116 valence electrons. The minimum absolute atomic E-state index is 0.169. The molecule has 2 N–H and O–H groups in total. The van der Waals surface area contributed by atoms with Crippen molar-refractivity contribution in [3.05, 3.63) is 57.6 Å². The van der Waals surface area contributed by atoms with Gasteiger partial charge in [-0.3, -0.25) is 0 Å². The zero-order valence-corrected chi connectivity index (χ0v) is 13.8. The average Bonchev–Trinajstić information content (AvgIpc) is 3.12. The van der Waals surface area contributed by atoms with Crippen molar-refractivity contribution in [1.29, 1.82) is 0 Å². The molecule has 0 saturated heterocycles. The Hall–Kier alpha value is -1.40. The van der Waals surface area contributed by atoms with Crippen molar-refractivity contribution in [3.8, 4) is 0 Å². The molecule has 0 aliphatic heterocycles. The predicted octanol–water partition coefficient (Wildman–Crippen LogP) is 3.65. The minimum atomic E-state index is -0.430. The number of thiophene rings is 1. The third-order valence-corrected chi connectivity index (χ3v) is 4.92. The van der Waals surface area contributed by atoms with Gasteiger partial charge < -0.3 is 14.8 Å². The van der Waals surface area contributed by atoms with Crippen molar-refractivity contribution in [2.24, 2.45) is 0 Å². The normalized spacial score (nSPS) is 14.3. The van der Waals surface area contributed by atoms with Crippen molar-refractivity contribution in [2.75, 3.05) is 0 Å². The van der Waals surface area contributed by atoms with Crippen molar-refractivity contribution in [1.82, 2.24) is 14.7 Å².